The molecule has 98 valence electrons. The molecule has 0 radical (unpaired) electrons. The van der Waals surface area contributed by atoms with Crippen LogP contribution < -0.4 is 0 Å². The fourth-order valence-corrected chi connectivity index (χ4v) is 1.58. The molecule has 6 nitrogen and oxygen atoms in total. The van der Waals surface area contributed by atoms with Crippen LogP contribution in [0.3, 0.4) is 0 Å². The molecule has 8 heteroatoms. The summed E-state index contributed by atoms with van der Waals surface area (Å²) in [6.07, 6.45) is 0.686. The molecule has 0 unspecified atom stereocenters. The number of carbonyl (C=O) groups is 1. The Hall–Kier alpha value is -1.54. The second-order valence-corrected chi connectivity index (χ2v) is 5.20. The van der Waals surface area contributed by atoms with E-state index in [1.54, 1.807) is 6.07 Å². The first kappa shape index (κ1) is 14.5. The largest absolute Gasteiger partial charge is 0.507 e. The maximum atomic E-state index is 11.6. The van der Waals surface area contributed by atoms with Crippen LogP contribution in [0.4, 0.5) is 0 Å². The van der Waals surface area contributed by atoms with E-state index in [2.05, 4.69) is 4.74 Å². The first-order valence-corrected chi connectivity index (χ1v) is 6.88. The van der Waals surface area contributed by atoms with Crippen LogP contribution in [0.15, 0.2) is 18.2 Å². The van der Waals surface area contributed by atoms with Crippen LogP contribution in [0.1, 0.15) is 15.9 Å². The summed E-state index contributed by atoms with van der Waals surface area (Å²) >= 11 is 0. The maximum absolute atomic E-state index is 11.6. The molecular weight excluding hydrogens is 259 g/mol. The summed E-state index contributed by atoms with van der Waals surface area (Å²) in [7, 11) is -2.28. The highest BCUT2D eigenvalue weighted by molar-refractivity contribution is 7.85. The van der Waals surface area contributed by atoms with Gasteiger partial charge in [0.1, 0.15) is 31.5 Å². The minimum atomic E-state index is -4.16. The molecule has 0 atom stereocenters. The highest BCUT2D eigenvalue weighted by atomic mass is 32.2. The molecular formula is C10H13BO6S. The van der Waals surface area contributed by atoms with E-state index in [1.165, 1.54) is 12.1 Å². The van der Waals surface area contributed by atoms with E-state index in [9.17, 15) is 18.3 Å². The lowest BCUT2D eigenvalue weighted by molar-refractivity contribution is 0.0525. The van der Waals surface area contributed by atoms with Crippen molar-refractivity contribution in [3.8, 4) is 5.75 Å². The van der Waals surface area contributed by atoms with Crippen molar-refractivity contribution < 1.29 is 27.6 Å². The quantitative estimate of drug-likeness (QED) is 0.428. The lowest BCUT2D eigenvalue weighted by atomic mass is 9.95. The third-order valence-electron chi connectivity index (χ3n) is 2.26. The minimum Gasteiger partial charge on any atom is -0.507 e. The zero-order valence-electron chi connectivity index (χ0n) is 9.79. The number of esters is 1. The zero-order chi connectivity index (χ0) is 13.8. The van der Waals surface area contributed by atoms with Crippen LogP contribution >= 0.6 is 0 Å². The fraction of sp³-hybridized carbons (Fsp3) is 0.300. The Morgan fingerprint density at radius 3 is 2.61 bits per heavy atom. The van der Waals surface area contributed by atoms with Crippen molar-refractivity contribution in [2.75, 3.05) is 12.4 Å². The highest BCUT2D eigenvalue weighted by Crippen LogP contribution is 2.19. The Balaban J connectivity index is 2.72. The molecule has 1 rings (SSSR count). The molecule has 0 saturated carbocycles. The summed E-state index contributed by atoms with van der Waals surface area (Å²) in [5, 5.41) is 9.49. The molecule has 0 spiro atoms. The van der Waals surface area contributed by atoms with Gasteiger partial charge in [-0.15, -0.1) is 0 Å². The van der Waals surface area contributed by atoms with Gasteiger partial charge in [0.2, 0.25) is 0 Å². The molecule has 18 heavy (non-hydrogen) atoms. The number of phenolic OH excluding ortho intramolecular Hbond substituents is 1. The zero-order valence-corrected chi connectivity index (χ0v) is 10.6. The summed E-state index contributed by atoms with van der Waals surface area (Å²) in [5.41, 5.74) is 0.819. The summed E-state index contributed by atoms with van der Waals surface area (Å²) in [5.74, 6) is -1.73. The summed E-state index contributed by atoms with van der Waals surface area (Å²) in [4.78, 5) is 11.6. The maximum Gasteiger partial charge on any atom is 0.341 e. The van der Waals surface area contributed by atoms with E-state index in [4.69, 9.17) is 4.55 Å². The van der Waals surface area contributed by atoms with Crippen LogP contribution in [-0.4, -0.2) is 44.3 Å². The Labute approximate surface area is 106 Å². The highest BCUT2D eigenvalue weighted by Gasteiger charge is 2.14. The fourth-order valence-electron chi connectivity index (χ4n) is 1.28. The predicted molar refractivity (Wildman–Crippen MR) is 67.1 cm³/mol. The lowest BCUT2D eigenvalue weighted by Crippen LogP contribution is -2.15. The van der Waals surface area contributed by atoms with Gasteiger partial charge in [-0.25, -0.2) is 4.79 Å². The normalized spacial score (nSPS) is 11.2. The second-order valence-electron chi connectivity index (χ2n) is 3.63. The number of phenols is 1. The second kappa shape index (κ2) is 5.88. The average molecular weight is 272 g/mol. The van der Waals surface area contributed by atoms with E-state index >= 15 is 0 Å². The van der Waals surface area contributed by atoms with Crippen molar-refractivity contribution in [2.24, 2.45) is 0 Å². The number of aromatic hydroxyl groups is 1. The van der Waals surface area contributed by atoms with Crippen molar-refractivity contribution in [1.82, 2.24) is 0 Å². The van der Waals surface area contributed by atoms with Gasteiger partial charge in [0.05, 0.1) is 0 Å². The predicted octanol–water partition coefficient (Wildman–Crippen LogP) is -0.430. The van der Waals surface area contributed by atoms with Gasteiger partial charge in [0.15, 0.2) is 0 Å². The van der Waals surface area contributed by atoms with Gasteiger partial charge in [-0.3, -0.25) is 4.55 Å². The summed E-state index contributed by atoms with van der Waals surface area (Å²) < 4.78 is 34.0. The standard InChI is InChI=1S/C10H13BO6S/c11-6-7-1-2-9(12)8(5-7)10(13)17-3-4-18(14,15)16/h1-2,5,12H,3-4,6,11H2,(H,14,15,16). The van der Waals surface area contributed by atoms with Crippen LogP contribution in [0.5, 0.6) is 5.75 Å². The van der Waals surface area contributed by atoms with Crippen LogP contribution in [-0.2, 0) is 21.2 Å². The minimum absolute atomic E-state index is 0.0234. The van der Waals surface area contributed by atoms with Gasteiger partial charge >= 0.3 is 5.97 Å². The van der Waals surface area contributed by atoms with Crippen molar-refractivity contribution in [3.63, 3.8) is 0 Å². The number of benzene rings is 1. The Kier molecular flexibility index (Phi) is 4.74. The van der Waals surface area contributed by atoms with Crippen LogP contribution in [0, 0.1) is 0 Å². The van der Waals surface area contributed by atoms with Gasteiger partial charge in [0.25, 0.3) is 10.1 Å². The summed E-state index contributed by atoms with van der Waals surface area (Å²) in [6, 6.07) is 4.52. The molecule has 0 aliphatic heterocycles. The molecule has 0 aliphatic carbocycles. The number of carbonyl (C=O) groups excluding carboxylic acids is 1. The number of rotatable bonds is 5. The molecule has 0 aliphatic rings. The van der Waals surface area contributed by atoms with Crippen molar-refractivity contribution in [3.05, 3.63) is 29.3 Å². The Bertz CT molecular complexity index is 539. The monoisotopic (exact) mass is 272 g/mol. The smallest absolute Gasteiger partial charge is 0.341 e. The number of hydrogen-bond donors (Lipinski definition) is 2. The van der Waals surface area contributed by atoms with Gasteiger partial charge in [-0.1, -0.05) is 17.9 Å². The topological polar surface area (TPSA) is 101 Å². The molecule has 0 heterocycles. The molecule has 1 aromatic carbocycles. The van der Waals surface area contributed by atoms with Gasteiger partial charge in [-0.2, -0.15) is 8.42 Å². The Morgan fingerprint density at radius 1 is 1.39 bits per heavy atom. The molecule has 0 aromatic heterocycles. The molecule has 2 N–H and O–H groups in total. The number of ether oxygens (including phenoxy) is 1. The van der Waals surface area contributed by atoms with Crippen LogP contribution in [0.25, 0.3) is 0 Å². The van der Waals surface area contributed by atoms with E-state index < -0.39 is 28.4 Å². The van der Waals surface area contributed by atoms with E-state index in [-0.39, 0.29) is 11.3 Å². The van der Waals surface area contributed by atoms with E-state index in [0.29, 0.717) is 6.32 Å². The Morgan fingerprint density at radius 2 is 2.06 bits per heavy atom. The average Bonchev–Trinajstić information content (AvgIpc) is 2.27. The van der Waals surface area contributed by atoms with Crippen LogP contribution in [0.2, 0.25) is 0 Å². The van der Waals surface area contributed by atoms with Crippen molar-refractivity contribution in [2.45, 2.75) is 6.32 Å². The third kappa shape index (κ3) is 4.38. The number of hydrogen-bond acceptors (Lipinski definition) is 5. The first-order valence-electron chi connectivity index (χ1n) is 5.27. The molecule has 0 saturated heterocycles. The lowest BCUT2D eigenvalue weighted by Gasteiger charge is -2.07. The molecule has 0 amide bonds. The third-order valence-corrected chi connectivity index (χ3v) is 2.95. The van der Waals surface area contributed by atoms with E-state index in [0.717, 1.165) is 5.56 Å². The van der Waals surface area contributed by atoms with Gasteiger partial charge in [0, 0.05) is 0 Å². The van der Waals surface area contributed by atoms with Crippen molar-refractivity contribution >= 4 is 23.9 Å². The summed E-state index contributed by atoms with van der Waals surface area (Å²) in [6.45, 7) is -0.465. The molecule has 0 fully saturated rings. The first-order chi connectivity index (χ1) is 8.33. The van der Waals surface area contributed by atoms with Crippen molar-refractivity contribution in [1.29, 1.82) is 0 Å². The van der Waals surface area contributed by atoms with Gasteiger partial charge in [-0.05, 0) is 12.1 Å². The SMILES string of the molecule is BCc1ccc(O)c(C(=O)OCCS(=O)(=O)O)c1. The van der Waals surface area contributed by atoms with Gasteiger partial charge < -0.3 is 9.84 Å². The molecule has 0 bridgehead atoms. The van der Waals surface area contributed by atoms with E-state index in [1.807, 2.05) is 7.85 Å². The molecule has 1 aromatic rings.